The van der Waals surface area contributed by atoms with E-state index in [0.717, 1.165) is 44.3 Å². The molecule has 2 aromatic heterocycles. The lowest BCUT2D eigenvalue weighted by molar-refractivity contribution is -0.110. The highest BCUT2D eigenvalue weighted by Gasteiger charge is 2.40. The van der Waals surface area contributed by atoms with Gasteiger partial charge in [-0.05, 0) is 46.4 Å². The number of aromatic nitrogens is 1. The standard InChI is InChI=1S/C30H30F3NOSi/c1-29(2,3)17-19-10-11-23-24-12-13-34-27(28(24)35-25(23)14-19)21-15-20-8-6-7-9-22(20)26(16-21)36(4,5)18-30(31,32)33/h6-16H,17-18H2,1-5H3. The minimum absolute atomic E-state index is 0.154. The molecule has 2 nitrogen and oxygen atoms in total. The highest BCUT2D eigenvalue weighted by Crippen LogP contribution is 2.37. The van der Waals surface area contributed by atoms with Gasteiger partial charge in [0.1, 0.15) is 11.3 Å². The Hall–Kier alpha value is -3.12. The maximum Gasteiger partial charge on any atom is 0.387 e. The van der Waals surface area contributed by atoms with Gasteiger partial charge in [0, 0.05) is 28.6 Å². The molecule has 0 aliphatic heterocycles. The summed E-state index contributed by atoms with van der Waals surface area (Å²) < 4.78 is 47.0. The number of fused-ring (bicyclic) bond motifs is 4. The quantitative estimate of drug-likeness (QED) is 0.228. The van der Waals surface area contributed by atoms with E-state index in [1.165, 1.54) is 5.56 Å². The molecule has 6 heteroatoms. The summed E-state index contributed by atoms with van der Waals surface area (Å²) in [6.45, 7) is 10.2. The number of furan rings is 1. The Balaban J connectivity index is 1.71. The number of hydrogen-bond donors (Lipinski definition) is 0. The van der Waals surface area contributed by atoms with Crippen LogP contribution in [0.5, 0.6) is 0 Å². The van der Waals surface area contributed by atoms with Gasteiger partial charge in [0.15, 0.2) is 5.58 Å². The van der Waals surface area contributed by atoms with Gasteiger partial charge in [-0.2, -0.15) is 13.2 Å². The Morgan fingerprint density at radius 2 is 1.61 bits per heavy atom. The zero-order chi connectivity index (χ0) is 25.9. The van der Waals surface area contributed by atoms with Crippen molar-refractivity contribution in [1.29, 1.82) is 0 Å². The molecule has 5 aromatic rings. The molecule has 0 radical (unpaired) electrons. The van der Waals surface area contributed by atoms with Crippen molar-refractivity contribution in [3.63, 3.8) is 0 Å². The molecule has 0 N–H and O–H groups in total. The summed E-state index contributed by atoms with van der Waals surface area (Å²) in [7, 11) is -2.86. The number of alkyl halides is 3. The maximum absolute atomic E-state index is 13.5. The molecule has 3 aromatic carbocycles. The molecule has 0 atom stereocenters. The van der Waals surface area contributed by atoms with Gasteiger partial charge in [-0.15, -0.1) is 0 Å². The van der Waals surface area contributed by atoms with Gasteiger partial charge in [0.05, 0.1) is 8.07 Å². The maximum atomic E-state index is 13.5. The van der Waals surface area contributed by atoms with E-state index in [1.54, 1.807) is 19.3 Å². The molecule has 0 aliphatic carbocycles. The molecule has 0 fully saturated rings. The average molecular weight is 506 g/mol. The van der Waals surface area contributed by atoms with Crippen molar-refractivity contribution >= 4 is 46.0 Å². The van der Waals surface area contributed by atoms with E-state index in [9.17, 15) is 13.2 Å². The molecule has 0 aliphatic rings. The summed E-state index contributed by atoms with van der Waals surface area (Å²) in [5, 5.41) is 4.55. The van der Waals surface area contributed by atoms with E-state index >= 15 is 0 Å². The topological polar surface area (TPSA) is 26.0 Å². The molecule has 0 spiro atoms. The SMILES string of the molecule is CC(C)(C)Cc1ccc2c(c1)oc1c(-c3cc([Si](C)(C)CC(F)(F)F)c4ccccc4c3)nccc12. The number of benzene rings is 3. The van der Waals surface area contributed by atoms with Crippen molar-refractivity contribution in [1.82, 2.24) is 4.98 Å². The van der Waals surface area contributed by atoms with Gasteiger partial charge in [0.2, 0.25) is 0 Å². The monoisotopic (exact) mass is 505 g/mol. The first-order chi connectivity index (χ1) is 16.8. The average Bonchev–Trinajstić information content (AvgIpc) is 3.13. The zero-order valence-corrected chi connectivity index (χ0v) is 22.3. The van der Waals surface area contributed by atoms with Crippen LogP contribution in [0, 0.1) is 5.41 Å². The lowest BCUT2D eigenvalue weighted by atomic mass is 9.88. The van der Waals surface area contributed by atoms with Crippen LogP contribution in [-0.2, 0) is 6.42 Å². The van der Waals surface area contributed by atoms with Gasteiger partial charge in [0.25, 0.3) is 0 Å². The van der Waals surface area contributed by atoms with Crippen LogP contribution in [0.2, 0.25) is 19.1 Å². The van der Waals surface area contributed by atoms with E-state index in [0.29, 0.717) is 11.3 Å². The lowest BCUT2D eigenvalue weighted by Crippen LogP contribution is -2.45. The Kier molecular flexibility index (Phi) is 5.78. The van der Waals surface area contributed by atoms with E-state index < -0.39 is 20.3 Å². The summed E-state index contributed by atoms with van der Waals surface area (Å²) >= 11 is 0. The predicted molar refractivity (Wildman–Crippen MR) is 146 cm³/mol. The largest absolute Gasteiger partial charge is 0.454 e. The Morgan fingerprint density at radius 3 is 2.33 bits per heavy atom. The highest BCUT2D eigenvalue weighted by atomic mass is 28.3. The smallest absolute Gasteiger partial charge is 0.387 e. The van der Waals surface area contributed by atoms with E-state index in [2.05, 4.69) is 44.0 Å². The molecular formula is C30H30F3NOSi. The third-order valence-corrected chi connectivity index (χ3v) is 9.85. The van der Waals surface area contributed by atoms with Gasteiger partial charge < -0.3 is 4.42 Å². The molecule has 0 amide bonds. The Labute approximate surface area is 210 Å². The van der Waals surface area contributed by atoms with Gasteiger partial charge in [-0.3, -0.25) is 4.98 Å². The number of rotatable bonds is 4. The molecule has 0 bridgehead atoms. The fraction of sp³-hybridized carbons (Fsp3) is 0.300. The van der Waals surface area contributed by atoms with Crippen LogP contribution < -0.4 is 5.19 Å². The molecule has 36 heavy (non-hydrogen) atoms. The molecule has 5 rings (SSSR count). The first-order valence-corrected chi connectivity index (χ1v) is 15.4. The summed E-state index contributed by atoms with van der Waals surface area (Å²) in [6.07, 6.45) is -1.53. The van der Waals surface area contributed by atoms with Crippen LogP contribution in [0.4, 0.5) is 13.2 Å². The second-order valence-corrected chi connectivity index (χ2v) is 16.3. The fourth-order valence-corrected chi connectivity index (χ4v) is 7.97. The van der Waals surface area contributed by atoms with Crippen LogP contribution >= 0.6 is 0 Å². The Morgan fingerprint density at radius 1 is 0.861 bits per heavy atom. The minimum atomic E-state index is -4.21. The first-order valence-electron chi connectivity index (χ1n) is 12.2. The lowest BCUT2D eigenvalue weighted by Gasteiger charge is -2.26. The summed E-state index contributed by atoms with van der Waals surface area (Å²) in [6, 6.07) is 19.1. The van der Waals surface area contributed by atoms with E-state index in [-0.39, 0.29) is 5.41 Å². The van der Waals surface area contributed by atoms with Crippen LogP contribution in [-0.4, -0.2) is 19.2 Å². The normalized spacial score (nSPS) is 13.2. The second kappa shape index (κ2) is 8.48. The summed E-state index contributed by atoms with van der Waals surface area (Å²) in [5.74, 6) is 0. The third kappa shape index (κ3) is 4.79. The van der Waals surface area contributed by atoms with Crippen LogP contribution in [0.1, 0.15) is 26.3 Å². The predicted octanol–water partition coefficient (Wildman–Crippen LogP) is 8.87. The van der Waals surface area contributed by atoms with Crippen molar-refractivity contribution < 1.29 is 17.6 Å². The molecule has 0 saturated carbocycles. The molecular weight excluding hydrogens is 475 g/mol. The summed E-state index contributed by atoms with van der Waals surface area (Å²) in [4.78, 5) is 4.66. The van der Waals surface area contributed by atoms with Crippen molar-refractivity contribution in [2.45, 2.75) is 52.5 Å². The third-order valence-electron chi connectivity index (χ3n) is 6.69. The number of halogens is 3. The van der Waals surface area contributed by atoms with Crippen molar-refractivity contribution in [3.05, 3.63) is 72.4 Å². The van der Waals surface area contributed by atoms with E-state index in [4.69, 9.17) is 4.42 Å². The van der Waals surface area contributed by atoms with Crippen molar-refractivity contribution in [2.24, 2.45) is 5.41 Å². The van der Waals surface area contributed by atoms with Crippen LogP contribution in [0.3, 0.4) is 0 Å². The Bertz CT molecular complexity index is 1590. The number of pyridine rings is 1. The van der Waals surface area contributed by atoms with Crippen LogP contribution in [0.15, 0.2) is 71.3 Å². The van der Waals surface area contributed by atoms with Crippen molar-refractivity contribution in [3.8, 4) is 11.3 Å². The second-order valence-electron chi connectivity index (χ2n) is 11.6. The highest BCUT2D eigenvalue weighted by molar-refractivity contribution is 6.91. The zero-order valence-electron chi connectivity index (χ0n) is 21.3. The molecule has 0 saturated heterocycles. The minimum Gasteiger partial charge on any atom is -0.454 e. The molecule has 186 valence electrons. The van der Waals surface area contributed by atoms with Gasteiger partial charge in [-0.1, -0.05) is 81.5 Å². The first kappa shape index (κ1) is 24.6. The molecule has 0 unspecified atom stereocenters. The summed E-state index contributed by atoms with van der Waals surface area (Å²) in [5.41, 5.74) is 4.26. The van der Waals surface area contributed by atoms with Crippen LogP contribution in [0.25, 0.3) is 44.0 Å². The fourth-order valence-electron chi connectivity index (χ4n) is 5.28. The van der Waals surface area contributed by atoms with Gasteiger partial charge >= 0.3 is 6.18 Å². The van der Waals surface area contributed by atoms with Gasteiger partial charge in [-0.25, -0.2) is 0 Å². The van der Waals surface area contributed by atoms with Crippen molar-refractivity contribution in [2.75, 3.05) is 0 Å². The van der Waals surface area contributed by atoms with E-state index in [1.807, 2.05) is 42.5 Å². The number of nitrogens with zero attached hydrogens (tertiary/aromatic N) is 1. The molecule has 2 heterocycles. The number of hydrogen-bond acceptors (Lipinski definition) is 2.